The van der Waals surface area contributed by atoms with Gasteiger partial charge in [0.15, 0.2) is 0 Å². The van der Waals surface area contributed by atoms with Crippen molar-refractivity contribution in [3.05, 3.63) is 47.8 Å². The monoisotopic (exact) mass is 277 g/mol. The third-order valence-corrected chi connectivity index (χ3v) is 2.65. The number of nitrogens with one attached hydrogen (secondary N) is 1. The minimum absolute atomic E-state index is 0.0860. The molecular weight excluding hydrogens is 265 g/mol. The Balaban J connectivity index is 2.30. The fraction of sp³-hybridized carbons (Fsp3) is 0.0714. The van der Waals surface area contributed by atoms with Crippen LogP contribution in [0, 0.1) is 5.82 Å². The third-order valence-electron chi connectivity index (χ3n) is 2.65. The first-order valence-corrected chi connectivity index (χ1v) is 5.68. The SMILES string of the molecule is COc1ccc(F)c(NC(=O)c2cc(O)ccc2O)c1. The molecule has 6 heteroatoms. The summed E-state index contributed by atoms with van der Waals surface area (Å²) in [7, 11) is 1.42. The Morgan fingerprint density at radius 2 is 1.95 bits per heavy atom. The number of anilines is 1. The molecule has 0 aromatic heterocycles. The molecule has 0 aliphatic carbocycles. The van der Waals surface area contributed by atoms with Crippen LogP contribution in [0.1, 0.15) is 10.4 Å². The number of halogens is 1. The molecule has 0 unspecified atom stereocenters. The molecule has 3 N–H and O–H groups in total. The average molecular weight is 277 g/mol. The Labute approximate surface area is 114 Å². The van der Waals surface area contributed by atoms with Crippen LogP contribution in [0.3, 0.4) is 0 Å². The summed E-state index contributed by atoms with van der Waals surface area (Å²) in [5.41, 5.74) is -0.246. The number of aromatic hydroxyl groups is 2. The van der Waals surface area contributed by atoms with Gasteiger partial charge in [-0.05, 0) is 30.3 Å². The molecule has 0 saturated carbocycles. The molecule has 0 radical (unpaired) electrons. The molecule has 0 bridgehead atoms. The van der Waals surface area contributed by atoms with Gasteiger partial charge in [0.2, 0.25) is 0 Å². The number of rotatable bonds is 3. The summed E-state index contributed by atoms with van der Waals surface area (Å²) in [6.45, 7) is 0. The molecule has 104 valence electrons. The molecule has 0 saturated heterocycles. The summed E-state index contributed by atoms with van der Waals surface area (Å²) in [6, 6.07) is 7.37. The van der Waals surface area contributed by atoms with Crippen molar-refractivity contribution in [2.75, 3.05) is 12.4 Å². The molecule has 0 aliphatic rings. The van der Waals surface area contributed by atoms with Crippen LogP contribution in [-0.2, 0) is 0 Å². The van der Waals surface area contributed by atoms with E-state index in [1.54, 1.807) is 0 Å². The van der Waals surface area contributed by atoms with Crippen LogP contribution < -0.4 is 10.1 Å². The van der Waals surface area contributed by atoms with E-state index in [4.69, 9.17) is 4.74 Å². The first-order chi connectivity index (χ1) is 9.51. The molecule has 2 rings (SSSR count). The van der Waals surface area contributed by atoms with Crippen LogP contribution in [0.25, 0.3) is 0 Å². The molecule has 20 heavy (non-hydrogen) atoms. The van der Waals surface area contributed by atoms with Gasteiger partial charge in [-0.2, -0.15) is 0 Å². The number of carbonyl (C=O) groups is 1. The minimum Gasteiger partial charge on any atom is -0.508 e. The molecule has 2 aromatic carbocycles. The molecule has 2 aromatic rings. The van der Waals surface area contributed by atoms with Crippen LogP contribution in [-0.4, -0.2) is 23.2 Å². The number of phenols is 2. The fourth-order valence-electron chi connectivity index (χ4n) is 1.62. The van der Waals surface area contributed by atoms with Crippen molar-refractivity contribution in [1.29, 1.82) is 0 Å². The second kappa shape index (κ2) is 5.48. The van der Waals surface area contributed by atoms with Crippen molar-refractivity contribution in [3.8, 4) is 17.2 Å². The third kappa shape index (κ3) is 2.80. The van der Waals surface area contributed by atoms with Gasteiger partial charge in [-0.15, -0.1) is 0 Å². The second-order valence-corrected chi connectivity index (χ2v) is 4.00. The summed E-state index contributed by atoms with van der Waals surface area (Å²) < 4.78 is 18.5. The largest absolute Gasteiger partial charge is 0.508 e. The zero-order valence-electron chi connectivity index (χ0n) is 10.6. The summed E-state index contributed by atoms with van der Waals surface area (Å²) in [4.78, 5) is 11.9. The van der Waals surface area contributed by atoms with E-state index in [1.165, 1.54) is 31.4 Å². The summed E-state index contributed by atoms with van der Waals surface area (Å²) >= 11 is 0. The van der Waals surface area contributed by atoms with Crippen LogP contribution in [0.15, 0.2) is 36.4 Å². The Morgan fingerprint density at radius 1 is 1.20 bits per heavy atom. The molecular formula is C14H12FNO4. The van der Waals surface area contributed by atoms with E-state index < -0.39 is 11.7 Å². The Kier molecular flexibility index (Phi) is 3.74. The van der Waals surface area contributed by atoms with Crippen LogP contribution in [0.2, 0.25) is 0 Å². The zero-order valence-corrected chi connectivity index (χ0v) is 10.6. The lowest BCUT2D eigenvalue weighted by molar-refractivity contribution is 0.102. The number of methoxy groups -OCH3 is 1. The smallest absolute Gasteiger partial charge is 0.259 e. The maximum absolute atomic E-state index is 13.6. The lowest BCUT2D eigenvalue weighted by atomic mass is 10.1. The average Bonchev–Trinajstić information content (AvgIpc) is 2.43. The number of carbonyl (C=O) groups excluding carboxylic acids is 1. The van der Waals surface area contributed by atoms with Gasteiger partial charge in [-0.3, -0.25) is 4.79 Å². The summed E-state index contributed by atoms with van der Waals surface area (Å²) in [5.74, 6) is -1.51. The lowest BCUT2D eigenvalue weighted by Crippen LogP contribution is -2.13. The number of phenolic OH excluding ortho intramolecular Hbond substituents is 2. The van der Waals surface area contributed by atoms with Gasteiger partial charge in [0, 0.05) is 6.07 Å². The van der Waals surface area contributed by atoms with E-state index in [0.29, 0.717) is 5.75 Å². The highest BCUT2D eigenvalue weighted by molar-refractivity contribution is 6.06. The van der Waals surface area contributed by atoms with Crippen LogP contribution >= 0.6 is 0 Å². The molecule has 1 amide bonds. The normalized spacial score (nSPS) is 10.1. The van der Waals surface area contributed by atoms with Crippen molar-refractivity contribution in [1.82, 2.24) is 0 Å². The molecule has 0 heterocycles. The molecule has 5 nitrogen and oxygen atoms in total. The predicted octanol–water partition coefficient (Wildman–Crippen LogP) is 2.50. The van der Waals surface area contributed by atoms with Crippen molar-refractivity contribution in [3.63, 3.8) is 0 Å². The van der Waals surface area contributed by atoms with Gasteiger partial charge in [0.25, 0.3) is 5.91 Å². The highest BCUT2D eigenvalue weighted by Crippen LogP contribution is 2.25. The Hall–Kier alpha value is -2.76. The topological polar surface area (TPSA) is 78.8 Å². The van der Waals surface area contributed by atoms with Crippen LogP contribution in [0.4, 0.5) is 10.1 Å². The molecule has 0 fully saturated rings. The van der Waals surface area contributed by atoms with Crippen LogP contribution in [0.5, 0.6) is 17.2 Å². The van der Waals surface area contributed by atoms with Crippen molar-refractivity contribution in [2.24, 2.45) is 0 Å². The number of benzene rings is 2. The Bertz CT molecular complexity index is 658. The zero-order chi connectivity index (χ0) is 14.7. The summed E-state index contributed by atoms with van der Waals surface area (Å²) in [6.07, 6.45) is 0. The van der Waals surface area contributed by atoms with Gasteiger partial charge in [0.1, 0.15) is 23.1 Å². The first-order valence-electron chi connectivity index (χ1n) is 5.68. The van der Waals surface area contributed by atoms with E-state index in [0.717, 1.165) is 12.1 Å². The quantitative estimate of drug-likeness (QED) is 0.753. The van der Waals surface area contributed by atoms with Gasteiger partial charge in [-0.25, -0.2) is 4.39 Å². The van der Waals surface area contributed by atoms with Gasteiger partial charge in [-0.1, -0.05) is 0 Å². The minimum atomic E-state index is -0.745. The van der Waals surface area contributed by atoms with Gasteiger partial charge in [0.05, 0.1) is 18.4 Å². The van der Waals surface area contributed by atoms with Gasteiger partial charge >= 0.3 is 0 Å². The number of hydrogen-bond acceptors (Lipinski definition) is 4. The lowest BCUT2D eigenvalue weighted by Gasteiger charge is -2.09. The summed E-state index contributed by atoms with van der Waals surface area (Å²) in [5, 5.41) is 21.2. The molecule has 0 spiro atoms. The van der Waals surface area contributed by atoms with Gasteiger partial charge < -0.3 is 20.3 Å². The second-order valence-electron chi connectivity index (χ2n) is 4.00. The van der Waals surface area contributed by atoms with E-state index in [-0.39, 0.29) is 22.7 Å². The maximum Gasteiger partial charge on any atom is 0.259 e. The van der Waals surface area contributed by atoms with E-state index in [2.05, 4.69) is 5.32 Å². The highest BCUT2D eigenvalue weighted by atomic mass is 19.1. The standard InChI is InChI=1S/C14H12FNO4/c1-20-9-3-4-11(15)12(7-9)16-14(19)10-6-8(17)2-5-13(10)18/h2-7,17-18H,1H3,(H,16,19). The van der Waals surface area contributed by atoms with E-state index in [1.807, 2.05) is 0 Å². The maximum atomic E-state index is 13.6. The van der Waals surface area contributed by atoms with Crippen molar-refractivity contribution < 1.29 is 24.1 Å². The fourth-order valence-corrected chi connectivity index (χ4v) is 1.62. The first kappa shape index (κ1) is 13.7. The number of ether oxygens (including phenoxy) is 1. The highest BCUT2D eigenvalue weighted by Gasteiger charge is 2.14. The molecule has 0 aliphatic heterocycles. The van der Waals surface area contributed by atoms with Crippen molar-refractivity contribution in [2.45, 2.75) is 0 Å². The Morgan fingerprint density at radius 3 is 2.65 bits per heavy atom. The van der Waals surface area contributed by atoms with E-state index >= 15 is 0 Å². The number of amides is 1. The van der Waals surface area contributed by atoms with Crippen molar-refractivity contribution >= 4 is 11.6 Å². The number of hydrogen-bond donors (Lipinski definition) is 3. The predicted molar refractivity (Wildman–Crippen MR) is 70.7 cm³/mol. The molecule has 0 atom stereocenters. The van der Waals surface area contributed by atoms with E-state index in [9.17, 15) is 19.4 Å².